The Morgan fingerprint density at radius 3 is 2.71 bits per heavy atom. The molecule has 2 N–H and O–H groups in total. The second kappa shape index (κ2) is 5.84. The van der Waals surface area contributed by atoms with Gasteiger partial charge in [-0.15, -0.1) is 0 Å². The minimum absolute atomic E-state index is 0.186. The van der Waals surface area contributed by atoms with Crippen LogP contribution in [0, 0.1) is 0 Å². The van der Waals surface area contributed by atoms with Crippen LogP contribution in [0.15, 0.2) is 42.5 Å². The highest BCUT2D eigenvalue weighted by molar-refractivity contribution is 6.30. The highest BCUT2D eigenvalue weighted by atomic mass is 35.5. The van der Waals surface area contributed by atoms with Gasteiger partial charge >= 0.3 is 0 Å². The molecule has 0 bridgehead atoms. The van der Waals surface area contributed by atoms with E-state index < -0.39 is 0 Å². The van der Waals surface area contributed by atoms with Gasteiger partial charge in [-0.25, -0.2) is 0 Å². The molecule has 2 aromatic carbocycles. The van der Waals surface area contributed by atoms with Gasteiger partial charge in [0.25, 0.3) is 0 Å². The first-order chi connectivity index (χ1) is 10.1. The monoisotopic (exact) mass is 305 g/mol. The molecule has 0 saturated carbocycles. The van der Waals surface area contributed by atoms with E-state index in [2.05, 4.69) is 0 Å². The van der Waals surface area contributed by atoms with Crippen LogP contribution in [0.4, 0.5) is 0 Å². The van der Waals surface area contributed by atoms with Crippen molar-refractivity contribution in [3.8, 4) is 17.2 Å². The van der Waals surface area contributed by atoms with E-state index in [-0.39, 0.29) is 18.9 Å². The van der Waals surface area contributed by atoms with E-state index in [0.717, 1.165) is 11.3 Å². The number of hydrogen-bond acceptors (Lipinski definition) is 4. The minimum atomic E-state index is -0.288. The molecule has 21 heavy (non-hydrogen) atoms. The maximum absolute atomic E-state index is 6.06. The predicted octanol–water partition coefficient (Wildman–Crippen LogP) is 3.54. The van der Waals surface area contributed by atoms with Crippen molar-refractivity contribution in [1.29, 1.82) is 0 Å². The fraction of sp³-hybridized carbons (Fsp3) is 0.250. The molecule has 0 aromatic heterocycles. The van der Waals surface area contributed by atoms with Crippen LogP contribution in [0.2, 0.25) is 5.02 Å². The van der Waals surface area contributed by atoms with Crippen molar-refractivity contribution < 1.29 is 14.2 Å². The summed E-state index contributed by atoms with van der Waals surface area (Å²) in [5.41, 5.74) is 7.00. The Morgan fingerprint density at radius 2 is 1.95 bits per heavy atom. The van der Waals surface area contributed by atoms with Crippen LogP contribution in [0.5, 0.6) is 17.2 Å². The van der Waals surface area contributed by atoms with E-state index >= 15 is 0 Å². The summed E-state index contributed by atoms with van der Waals surface area (Å²) in [7, 11) is 0. The number of nitrogens with two attached hydrogens (primary N) is 1. The Balaban J connectivity index is 1.86. The fourth-order valence-corrected chi connectivity index (χ4v) is 2.46. The Kier molecular flexibility index (Phi) is 3.90. The predicted molar refractivity (Wildman–Crippen MR) is 81.0 cm³/mol. The van der Waals surface area contributed by atoms with Crippen LogP contribution in [0.1, 0.15) is 18.6 Å². The number of rotatable bonds is 4. The second-order valence-electron chi connectivity index (χ2n) is 4.97. The fourth-order valence-electron chi connectivity index (χ4n) is 2.26. The summed E-state index contributed by atoms with van der Waals surface area (Å²) >= 11 is 6.04. The number of benzene rings is 2. The first-order valence-electron chi connectivity index (χ1n) is 6.71. The van der Waals surface area contributed by atoms with E-state index in [1.165, 1.54) is 0 Å². The van der Waals surface area contributed by atoms with Crippen molar-refractivity contribution in [3.63, 3.8) is 0 Å². The first kappa shape index (κ1) is 14.0. The largest absolute Gasteiger partial charge is 0.484 e. The topological polar surface area (TPSA) is 53.7 Å². The average molecular weight is 306 g/mol. The number of halogens is 1. The van der Waals surface area contributed by atoms with Gasteiger partial charge in [-0.05, 0) is 36.8 Å². The van der Waals surface area contributed by atoms with Crippen LogP contribution < -0.4 is 19.9 Å². The van der Waals surface area contributed by atoms with Gasteiger partial charge in [-0.2, -0.15) is 0 Å². The van der Waals surface area contributed by atoms with Crippen LogP contribution in [-0.2, 0) is 0 Å². The standard InChI is InChI=1S/C16H16ClNO3/c1-10(18)16(11-3-2-4-12(17)7-11)21-13-5-6-14-15(8-13)20-9-19-14/h2-8,10,16H,9,18H2,1H3. The van der Waals surface area contributed by atoms with Crippen molar-refractivity contribution in [2.45, 2.75) is 19.1 Å². The molecule has 0 fully saturated rings. The van der Waals surface area contributed by atoms with Crippen molar-refractivity contribution in [3.05, 3.63) is 53.1 Å². The smallest absolute Gasteiger partial charge is 0.231 e. The molecule has 0 spiro atoms. The lowest BCUT2D eigenvalue weighted by molar-refractivity contribution is 0.171. The molecule has 0 radical (unpaired) electrons. The van der Waals surface area contributed by atoms with Crippen LogP contribution in [-0.4, -0.2) is 12.8 Å². The van der Waals surface area contributed by atoms with Gasteiger partial charge in [0, 0.05) is 17.1 Å². The lowest BCUT2D eigenvalue weighted by atomic mass is 10.0. The van der Waals surface area contributed by atoms with Gasteiger partial charge in [0.2, 0.25) is 6.79 Å². The van der Waals surface area contributed by atoms with Crippen molar-refractivity contribution in [1.82, 2.24) is 0 Å². The van der Waals surface area contributed by atoms with E-state index in [1.54, 1.807) is 0 Å². The summed E-state index contributed by atoms with van der Waals surface area (Å²) in [6.07, 6.45) is -0.288. The zero-order valence-electron chi connectivity index (χ0n) is 11.6. The summed E-state index contributed by atoms with van der Waals surface area (Å²) in [6, 6.07) is 12.8. The molecule has 1 aliphatic rings. The molecule has 3 rings (SSSR count). The van der Waals surface area contributed by atoms with Gasteiger partial charge in [0.05, 0.1) is 0 Å². The molecule has 2 unspecified atom stereocenters. The van der Waals surface area contributed by atoms with Crippen molar-refractivity contribution >= 4 is 11.6 Å². The molecule has 0 amide bonds. The van der Waals surface area contributed by atoms with E-state index in [4.69, 9.17) is 31.5 Å². The zero-order chi connectivity index (χ0) is 14.8. The Bertz CT molecular complexity index is 645. The third-order valence-corrected chi connectivity index (χ3v) is 3.50. The van der Waals surface area contributed by atoms with Crippen LogP contribution in [0.3, 0.4) is 0 Å². The Labute approximate surface area is 128 Å². The summed E-state index contributed by atoms with van der Waals surface area (Å²) in [6.45, 7) is 2.14. The quantitative estimate of drug-likeness (QED) is 0.939. The van der Waals surface area contributed by atoms with Gasteiger partial charge in [0.1, 0.15) is 11.9 Å². The first-order valence-corrected chi connectivity index (χ1v) is 7.08. The number of hydrogen-bond donors (Lipinski definition) is 1. The Morgan fingerprint density at radius 1 is 1.14 bits per heavy atom. The highest BCUT2D eigenvalue weighted by Gasteiger charge is 2.20. The molecule has 2 atom stereocenters. The van der Waals surface area contributed by atoms with Crippen LogP contribution >= 0.6 is 11.6 Å². The molecule has 2 aromatic rings. The van der Waals surface area contributed by atoms with Crippen molar-refractivity contribution in [2.75, 3.05) is 6.79 Å². The lowest BCUT2D eigenvalue weighted by Crippen LogP contribution is -2.29. The molecule has 110 valence electrons. The summed E-state index contributed by atoms with van der Waals surface area (Å²) in [4.78, 5) is 0. The molecule has 0 aliphatic carbocycles. The maximum atomic E-state index is 6.06. The molecule has 5 heteroatoms. The van der Waals surface area contributed by atoms with E-state index in [9.17, 15) is 0 Å². The highest BCUT2D eigenvalue weighted by Crippen LogP contribution is 2.36. The molecule has 0 saturated heterocycles. The number of fused-ring (bicyclic) bond motifs is 1. The summed E-state index contributed by atoms with van der Waals surface area (Å²) in [5, 5.41) is 0.660. The van der Waals surface area contributed by atoms with E-state index in [0.29, 0.717) is 16.5 Å². The van der Waals surface area contributed by atoms with Crippen LogP contribution in [0.25, 0.3) is 0 Å². The average Bonchev–Trinajstić information content (AvgIpc) is 2.92. The molecular formula is C16H16ClNO3. The Hall–Kier alpha value is -1.91. The SMILES string of the molecule is CC(N)C(Oc1ccc2c(c1)OCO2)c1cccc(Cl)c1. The second-order valence-corrected chi connectivity index (χ2v) is 5.40. The van der Waals surface area contributed by atoms with Gasteiger partial charge < -0.3 is 19.9 Å². The third-order valence-electron chi connectivity index (χ3n) is 3.26. The van der Waals surface area contributed by atoms with Gasteiger partial charge in [-0.3, -0.25) is 0 Å². The van der Waals surface area contributed by atoms with Gasteiger partial charge in [0.15, 0.2) is 11.5 Å². The molecule has 1 heterocycles. The molecule has 4 nitrogen and oxygen atoms in total. The van der Waals surface area contributed by atoms with Crippen molar-refractivity contribution in [2.24, 2.45) is 5.73 Å². The maximum Gasteiger partial charge on any atom is 0.231 e. The lowest BCUT2D eigenvalue weighted by Gasteiger charge is -2.23. The summed E-state index contributed by atoms with van der Waals surface area (Å²) in [5.74, 6) is 2.09. The number of ether oxygens (including phenoxy) is 3. The zero-order valence-corrected chi connectivity index (χ0v) is 12.3. The third kappa shape index (κ3) is 3.06. The summed E-state index contributed by atoms with van der Waals surface area (Å²) < 4.78 is 16.7. The van der Waals surface area contributed by atoms with E-state index in [1.807, 2.05) is 49.4 Å². The molecule has 1 aliphatic heterocycles. The normalized spacial score (nSPS) is 15.6. The van der Waals surface area contributed by atoms with Gasteiger partial charge in [-0.1, -0.05) is 23.7 Å². The molecular weight excluding hydrogens is 290 g/mol. The minimum Gasteiger partial charge on any atom is -0.484 e.